The van der Waals surface area contributed by atoms with Crippen LogP contribution in [0.2, 0.25) is 0 Å². The van der Waals surface area contributed by atoms with E-state index in [1.807, 2.05) is 38.1 Å². The fourth-order valence-corrected chi connectivity index (χ4v) is 6.86. The molecule has 0 unspecified atom stereocenters. The molecule has 0 bridgehead atoms. The minimum Gasteiger partial charge on any atom is -0.494 e. The van der Waals surface area contributed by atoms with Crippen LogP contribution in [0.25, 0.3) is 0 Å². The number of aryl methyl sites for hydroxylation is 1. The lowest BCUT2D eigenvalue weighted by molar-refractivity contribution is -0.139. The third kappa shape index (κ3) is 8.60. The number of amides is 2. The molecular formula is C33H40BrN3O5S. The molecule has 0 aliphatic heterocycles. The Morgan fingerprint density at radius 1 is 0.953 bits per heavy atom. The first-order chi connectivity index (χ1) is 20.6. The summed E-state index contributed by atoms with van der Waals surface area (Å²) in [6.45, 7) is 5.57. The smallest absolute Gasteiger partial charge is 0.264 e. The topological polar surface area (TPSA) is 96.0 Å². The molecule has 1 saturated carbocycles. The second-order valence-corrected chi connectivity index (χ2v) is 13.7. The Balaban J connectivity index is 1.67. The largest absolute Gasteiger partial charge is 0.494 e. The zero-order valence-corrected chi connectivity index (χ0v) is 27.4. The summed E-state index contributed by atoms with van der Waals surface area (Å²) < 4.78 is 35.6. The van der Waals surface area contributed by atoms with Crippen molar-refractivity contribution in [3.63, 3.8) is 0 Å². The Hall–Kier alpha value is -3.37. The zero-order chi connectivity index (χ0) is 31.0. The van der Waals surface area contributed by atoms with Crippen LogP contribution in [0.3, 0.4) is 0 Å². The monoisotopic (exact) mass is 669 g/mol. The maximum absolute atomic E-state index is 14.1. The Morgan fingerprint density at radius 3 is 2.19 bits per heavy atom. The van der Waals surface area contributed by atoms with E-state index in [0.717, 1.165) is 52.0 Å². The van der Waals surface area contributed by atoms with Gasteiger partial charge in [0.15, 0.2) is 0 Å². The Kier molecular flexibility index (Phi) is 11.3. The van der Waals surface area contributed by atoms with Gasteiger partial charge in [0.25, 0.3) is 10.0 Å². The van der Waals surface area contributed by atoms with Gasteiger partial charge in [-0.3, -0.25) is 13.9 Å². The Labute approximate surface area is 263 Å². The van der Waals surface area contributed by atoms with E-state index in [-0.39, 0.29) is 23.4 Å². The van der Waals surface area contributed by atoms with E-state index in [2.05, 4.69) is 21.2 Å². The lowest BCUT2D eigenvalue weighted by Crippen LogP contribution is -2.53. The van der Waals surface area contributed by atoms with Crippen molar-refractivity contribution in [3.05, 3.63) is 88.4 Å². The highest BCUT2D eigenvalue weighted by Crippen LogP contribution is 2.27. The standard InChI is InChI=1S/C33H40BrN3O5S/c1-4-42-30-18-16-29(17-19-30)37(43(40,41)31-20-10-24(2)11-21-31)23-32(38)36(22-26-12-14-27(34)15-13-26)25(3)33(39)35-28-8-6-5-7-9-28/h10-21,25,28H,4-9,22-23H2,1-3H3,(H,35,39)/t25-/m1/s1. The van der Waals surface area contributed by atoms with Gasteiger partial charge in [0.05, 0.1) is 17.2 Å². The Morgan fingerprint density at radius 2 is 1.58 bits per heavy atom. The predicted octanol–water partition coefficient (Wildman–Crippen LogP) is 6.22. The molecule has 0 heterocycles. The molecule has 0 spiro atoms. The van der Waals surface area contributed by atoms with Crippen molar-refractivity contribution in [2.24, 2.45) is 0 Å². The maximum Gasteiger partial charge on any atom is 0.264 e. The van der Waals surface area contributed by atoms with Crippen LogP contribution in [-0.4, -0.2) is 50.4 Å². The molecule has 4 rings (SSSR count). The first-order valence-electron chi connectivity index (χ1n) is 14.7. The van der Waals surface area contributed by atoms with Gasteiger partial charge in [-0.05, 0) is 87.7 Å². The molecule has 1 aliphatic rings. The van der Waals surface area contributed by atoms with Gasteiger partial charge in [0, 0.05) is 17.1 Å². The van der Waals surface area contributed by atoms with E-state index < -0.39 is 28.5 Å². The van der Waals surface area contributed by atoms with Crippen LogP contribution in [0.1, 0.15) is 57.1 Å². The van der Waals surface area contributed by atoms with Gasteiger partial charge in [-0.2, -0.15) is 0 Å². The number of nitrogens with zero attached hydrogens (tertiary/aromatic N) is 2. The summed E-state index contributed by atoms with van der Waals surface area (Å²) in [7, 11) is -4.13. The molecule has 1 aliphatic carbocycles. The van der Waals surface area contributed by atoms with Crippen molar-refractivity contribution in [2.45, 2.75) is 76.4 Å². The van der Waals surface area contributed by atoms with Crippen LogP contribution in [0, 0.1) is 6.92 Å². The van der Waals surface area contributed by atoms with Crippen molar-refractivity contribution in [1.29, 1.82) is 0 Å². The number of benzene rings is 3. The van der Waals surface area contributed by atoms with Gasteiger partial charge in [0.1, 0.15) is 18.3 Å². The predicted molar refractivity (Wildman–Crippen MR) is 172 cm³/mol. The van der Waals surface area contributed by atoms with Crippen LogP contribution < -0.4 is 14.4 Å². The van der Waals surface area contributed by atoms with Crippen molar-refractivity contribution in [3.8, 4) is 5.75 Å². The minimum absolute atomic E-state index is 0.0716. The van der Waals surface area contributed by atoms with Crippen LogP contribution in [0.15, 0.2) is 82.2 Å². The molecule has 2 amide bonds. The number of anilines is 1. The summed E-state index contributed by atoms with van der Waals surface area (Å²) in [5.74, 6) is -0.139. The van der Waals surface area contributed by atoms with E-state index in [1.54, 1.807) is 43.3 Å². The van der Waals surface area contributed by atoms with Gasteiger partial charge in [-0.25, -0.2) is 8.42 Å². The lowest BCUT2D eigenvalue weighted by atomic mass is 9.95. The number of sulfonamides is 1. The average molecular weight is 671 g/mol. The highest BCUT2D eigenvalue weighted by molar-refractivity contribution is 9.10. The molecule has 3 aromatic rings. The van der Waals surface area contributed by atoms with Crippen molar-refractivity contribution in [1.82, 2.24) is 10.2 Å². The van der Waals surface area contributed by atoms with Crippen LogP contribution in [-0.2, 0) is 26.2 Å². The molecule has 0 radical (unpaired) electrons. The van der Waals surface area contributed by atoms with Gasteiger partial charge < -0.3 is 15.0 Å². The fraction of sp³-hybridized carbons (Fsp3) is 0.394. The van der Waals surface area contributed by atoms with Gasteiger partial charge in [0.2, 0.25) is 11.8 Å². The molecule has 1 atom stereocenters. The third-order valence-electron chi connectivity index (χ3n) is 7.71. The SMILES string of the molecule is CCOc1ccc(N(CC(=O)N(Cc2ccc(Br)cc2)[C@H](C)C(=O)NC2CCCCC2)S(=O)(=O)c2ccc(C)cc2)cc1. The number of nitrogens with one attached hydrogen (secondary N) is 1. The summed E-state index contributed by atoms with van der Waals surface area (Å²) in [5, 5.41) is 3.13. The van der Waals surface area contributed by atoms with E-state index in [9.17, 15) is 18.0 Å². The first kappa shape index (κ1) is 32.5. The highest BCUT2D eigenvalue weighted by atomic mass is 79.9. The summed E-state index contributed by atoms with van der Waals surface area (Å²) >= 11 is 3.44. The molecule has 0 saturated heterocycles. The summed E-state index contributed by atoms with van der Waals surface area (Å²) in [6.07, 6.45) is 5.12. The summed E-state index contributed by atoms with van der Waals surface area (Å²) in [6, 6.07) is 19.9. The number of ether oxygens (including phenoxy) is 1. The number of rotatable bonds is 12. The van der Waals surface area contributed by atoms with Gasteiger partial charge >= 0.3 is 0 Å². The Bertz CT molecular complexity index is 1470. The molecule has 230 valence electrons. The molecular weight excluding hydrogens is 630 g/mol. The average Bonchev–Trinajstić information content (AvgIpc) is 3.00. The van der Waals surface area contributed by atoms with Crippen molar-refractivity contribution < 1.29 is 22.7 Å². The molecule has 43 heavy (non-hydrogen) atoms. The molecule has 3 aromatic carbocycles. The third-order valence-corrected chi connectivity index (χ3v) is 10.0. The van der Waals surface area contributed by atoms with Crippen molar-refractivity contribution >= 4 is 43.5 Å². The molecule has 8 nitrogen and oxygen atoms in total. The first-order valence-corrected chi connectivity index (χ1v) is 17.0. The van der Waals surface area contributed by atoms with Crippen LogP contribution in [0.5, 0.6) is 5.75 Å². The van der Waals surface area contributed by atoms with Crippen molar-refractivity contribution in [2.75, 3.05) is 17.5 Å². The van der Waals surface area contributed by atoms with Gasteiger partial charge in [-0.1, -0.05) is 65.0 Å². The van der Waals surface area contributed by atoms with E-state index in [1.165, 1.54) is 17.0 Å². The fourth-order valence-electron chi connectivity index (χ4n) is 5.18. The van der Waals surface area contributed by atoms with E-state index in [0.29, 0.717) is 18.0 Å². The number of hydrogen-bond donors (Lipinski definition) is 1. The normalized spacial score (nSPS) is 14.5. The number of carbonyl (C=O) groups is 2. The molecule has 0 aromatic heterocycles. The highest BCUT2D eigenvalue weighted by Gasteiger charge is 2.33. The van der Waals surface area contributed by atoms with Crippen LogP contribution >= 0.6 is 15.9 Å². The van der Waals surface area contributed by atoms with E-state index >= 15 is 0 Å². The van der Waals surface area contributed by atoms with Gasteiger partial charge in [-0.15, -0.1) is 0 Å². The minimum atomic E-state index is -4.13. The number of halogens is 1. The second kappa shape index (κ2) is 14.9. The molecule has 1 N–H and O–H groups in total. The summed E-state index contributed by atoms with van der Waals surface area (Å²) in [4.78, 5) is 29.1. The lowest BCUT2D eigenvalue weighted by Gasteiger charge is -2.33. The molecule has 10 heteroatoms. The quantitative estimate of drug-likeness (QED) is 0.247. The summed E-state index contributed by atoms with van der Waals surface area (Å²) in [5.41, 5.74) is 2.06. The number of hydrogen-bond acceptors (Lipinski definition) is 5. The van der Waals surface area contributed by atoms with Crippen LogP contribution in [0.4, 0.5) is 5.69 Å². The zero-order valence-electron chi connectivity index (χ0n) is 25.0. The second-order valence-electron chi connectivity index (χ2n) is 10.9. The number of carbonyl (C=O) groups excluding carboxylic acids is 2. The molecule has 1 fully saturated rings. The van der Waals surface area contributed by atoms with E-state index in [4.69, 9.17) is 4.74 Å². The maximum atomic E-state index is 14.1.